The topological polar surface area (TPSA) is 58.6 Å². The summed E-state index contributed by atoms with van der Waals surface area (Å²) in [4.78, 5) is 12.1. The van der Waals surface area contributed by atoms with Crippen molar-refractivity contribution in [1.82, 2.24) is 5.32 Å². The van der Waals surface area contributed by atoms with Crippen molar-refractivity contribution in [3.8, 4) is 0 Å². The van der Waals surface area contributed by atoms with Gasteiger partial charge in [-0.1, -0.05) is 37.3 Å². The van der Waals surface area contributed by atoms with Gasteiger partial charge in [-0.15, -0.1) is 0 Å². The van der Waals surface area contributed by atoms with E-state index in [1.165, 1.54) is 5.56 Å². The zero-order valence-electron chi connectivity index (χ0n) is 13.4. The zero-order chi connectivity index (χ0) is 15.8. The summed E-state index contributed by atoms with van der Waals surface area (Å²) in [5.74, 6) is 0.517. The monoisotopic (exact) mass is 305 g/mol. The average molecular weight is 305 g/mol. The molecule has 1 atom stereocenters. The van der Waals surface area contributed by atoms with E-state index in [1.807, 2.05) is 25.1 Å². The van der Waals surface area contributed by atoms with Crippen LogP contribution in [0, 0.1) is 11.3 Å². The van der Waals surface area contributed by atoms with Crippen LogP contribution < -0.4 is 5.32 Å². The second-order valence-corrected chi connectivity index (χ2v) is 6.67. The minimum absolute atomic E-state index is 0.0550. The maximum Gasteiger partial charge on any atom is 0.220 e. The van der Waals surface area contributed by atoms with Crippen LogP contribution in [0.1, 0.15) is 31.7 Å². The Labute approximate surface area is 132 Å². The quantitative estimate of drug-likeness (QED) is 0.811. The Balaban J connectivity index is 1.80. The van der Waals surface area contributed by atoms with Crippen LogP contribution in [0.5, 0.6) is 0 Å². The molecule has 1 fully saturated rings. The van der Waals surface area contributed by atoms with Crippen molar-refractivity contribution in [2.45, 2.75) is 32.6 Å². The highest BCUT2D eigenvalue weighted by Gasteiger charge is 2.25. The van der Waals surface area contributed by atoms with Gasteiger partial charge in [0.15, 0.2) is 0 Å². The summed E-state index contributed by atoms with van der Waals surface area (Å²) < 4.78 is 5.31. The summed E-state index contributed by atoms with van der Waals surface area (Å²) in [7, 11) is 0. The fourth-order valence-electron chi connectivity index (χ4n) is 2.86. The third-order valence-electron chi connectivity index (χ3n) is 4.38. The summed E-state index contributed by atoms with van der Waals surface area (Å²) in [6.45, 7) is 4.09. The predicted octanol–water partition coefficient (Wildman–Crippen LogP) is 2.16. The first kappa shape index (κ1) is 17.0. The van der Waals surface area contributed by atoms with Gasteiger partial charge in [0.05, 0.1) is 6.61 Å². The standard InChI is InChI=1S/C18H27NO3/c1-18(14-20,12-16-5-3-2-4-6-16)13-19-17(21)11-15-7-9-22-10-8-15/h2-6,15,20H,7-14H2,1H3,(H,19,21). The number of carbonyl (C=O) groups excluding carboxylic acids is 1. The van der Waals surface area contributed by atoms with E-state index in [-0.39, 0.29) is 17.9 Å². The van der Waals surface area contributed by atoms with Crippen LogP contribution >= 0.6 is 0 Å². The van der Waals surface area contributed by atoms with Crippen molar-refractivity contribution in [2.75, 3.05) is 26.4 Å². The molecule has 1 aliphatic rings. The molecule has 1 heterocycles. The Kier molecular flexibility index (Phi) is 6.40. The van der Waals surface area contributed by atoms with E-state index in [9.17, 15) is 9.90 Å². The number of amides is 1. The number of aliphatic hydroxyl groups excluding tert-OH is 1. The van der Waals surface area contributed by atoms with Gasteiger partial charge in [-0.3, -0.25) is 4.79 Å². The number of carbonyl (C=O) groups is 1. The van der Waals surface area contributed by atoms with Crippen molar-refractivity contribution in [1.29, 1.82) is 0 Å². The molecule has 0 saturated carbocycles. The van der Waals surface area contributed by atoms with Gasteiger partial charge in [0.25, 0.3) is 0 Å². The fraction of sp³-hybridized carbons (Fsp3) is 0.611. The van der Waals surface area contributed by atoms with E-state index in [2.05, 4.69) is 17.4 Å². The van der Waals surface area contributed by atoms with Crippen LogP contribution in [-0.2, 0) is 16.0 Å². The molecule has 0 aromatic heterocycles. The van der Waals surface area contributed by atoms with E-state index in [4.69, 9.17) is 4.74 Å². The van der Waals surface area contributed by atoms with Gasteiger partial charge in [0.1, 0.15) is 0 Å². The van der Waals surface area contributed by atoms with Crippen LogP contribution in [0.4, 0.5) is 0 Å². The minimum Gasteiger partial charge on any atom is -0.396 e. The van der Waals surface area contributed by atoms with Crippen LogP contribution in [0.3, 0.4) is 0 Å². The van der Waals surface area contributed by atoms with Gasteiger partial charge in [0, 0.05) is 31.6 Å². The molecule has 0 spiro atoms. The molecule has 4 nitrogen and oxygen atoms in total. The number of benzene rings is 1. The molecule has 22 heavy (non-hydrogen) atoms. The van der Waals surface area contributed by atoms with Crippen LogP contribution in [0.15, 0.2) is 30.3 Å². The van der Waals surface area contributed by atoms with E-state index < -0.39 is 0 Å². The molecular formula is C18H27NO3. The molecule has 1 aliphatic heterocycles. The Hall–Kier alpha value is -1.39. The molecule has 2 rings (SSSR count). The summed E-state index contributed by atoms with van der Waals surface area (Å²) in [6, 6.07) is 10.1. The SMILES string of the molecule is CC(CO)(CNC(=O)CC1CCOCC1)Cc1ccccc1. The third kappa shape index (κ3) is 5.43. The molecular weight excluding hydrogens is 278 g/mol. The smallest absolute Gasteiger partial charge is 0.220 e. The molecule has 1 unspecified atom stereocenters. The lowest BCUT2D eigenvalue weighted by Crippen LogP contribution is -2.40. The molecule has 1 saturated heterocycles. The van der Waals surface area contributed by atoms with Crippen LogP contribution in [0.2, 0.25) is 0 Å². The van der Waals surface area contributed by atoms with Crippen molar-refractivity contribution < 1.29 is 14.6 Å². The maximum atomic E-state index is 12.1. The number of aliphatic hydroxyl groups is 1. The highest BCUT2D eigenvalue weighted by atomic mass is 16.5. The normalized spacial score (nSPS) is 18.6. The highest BCUT2D eigenvalue weighted by molar-refractivity contribution is 5.76. The summed E-state index contributed by atoms with van der Waals surface area (Å²) >= 11 is 0. The molecule has 2 N–H and O–H groups in total. The number of nitrogens with one attached hydrogen (secondary N) is 1. The molecule has 122 valence electrons. The van der Waals surface area contributed by atoms with E-state index in [0.29, 0.717) is 18.9 Å². The van der Waals surface area contributed by atoms with Gasteiger partial charge in [-0.05, 0) is 30.7 Å². The second-order valence-electron chi connectivity index (χ2n) is 6.67. The molecule has 0 radical (unpaired) electrons. The van der Waals surface area contributed by atoms with E-state index in [1.54, 1.807) is 0 Å². The first-order valence-corrected chi connectivity index (χ1v) is 8.10. The molecule has 0 aliphatic carbocycles. The molecule has 1 aromatic rings. The fourth-order valence-corrected chi connectivity index (χ4v) is 2.86. The van der Waals surface area contributed by atoms with Gasteiger partial charge in [-0.25, -0.2) is 0 Å². The third-order valence-corrected chi connectivity index (χ3v) is 4.38. The Bertz CT molecular complexity index is 457. The lowest BCUT2D eigenvalue weighted by atomic mass is 9.84. The van der Waals surface area contributed by atoms with Gasteiger partial charge in [-0.2, -0.15) is 0 Å². The summed E-state index contributed by atoms with van der Waals surface area (Å²) in [6.07, 6.45) is 3.25. The number of hydrogen-bond acceptors (Lipinski definition) is 3. The lowest BCUT2D eigenvalue weighted by Gasteiger charge is -2.28. The number of hydrogen-bond donors (Lipinski definition) is 2. The molecule has 1 aromatic carbocycles. The van der Waals surface area contributed by atoms with Crippen molar-refractivity contribution in [3.63, 3.8) is 0 Å². The van der Waals surface area contributed by atoms with Gasteiger partial charge < -0.3 is 15.2 Å². The molecule has 4 heteroatoms. The largest absolute Gasteiger partial charge is 0.396 e. The predicted molar refractivity (Wildman–Crippen MR) is 86.5 cm³/mol. The van der Waals surface area contributed by atoms with E-state index >= 15 is 0 Å². The first-order chi connectivity index (χ1) is 10.6. The maximum absolute atomic E-state index is 12.1. The lowest BCUT2D eigenvalue weighted by molar-refractivity contribution is -0.123. The van der Waals surface area contributed by atoms with Gasteiger partial charge >= 0.3 is 0 Å². The van der Waals surface area contributed by atoms with Crippen molar-refractivity contribution in [3.05, 3.63) is 35.9 Å². The Morgan fingerprint density at radius 2 is 2.00 bits per heavy atom. The Morgan fingerprint density at radius 1 is 1.32 bits per heavy atom. The average Bonchev–Trinajstić information content (AvgIpc) is 2.55. The van der Waals surface area contributed by atoms with Crippen LogP contribution in [0.25, 0.3) is 0 Å². The highest BCUT2D eigenvalue weighted by Crippen LogP contribution is 2.22. The zero-order valence-corrected chi connectivity index (χ0v) is 13.4. The summed E-state index contributed by atoms with van der Waals surface area (Å²) in [5.41, 5.74) is 0.852. The van der Waals surface area contributed by atoms with E-state index in [0.717, 1.165) is 32.5 Å². The van der Waals surface area contributed by atoms with Gasteiger partial charge in [0.2, 0.25) is 5.91 Å². The number of rotatable bonds is 7. The first-order valence-electron chi connectivity index (χ1n) is 8.10. The second kappa shape index (κ2) is 8.30. The number of ether oxygens (including phenoxy) is 1. The van der Waals surface area contributed by atoms with Crippen molar-refractivity contribution >= 4 is 5.91 Å². The molecule has 1 amide bonds. The van der Waals surface area contributed by atoms with Crippen molar-refractivity contribution in [2.24, 2.45) is 11.3 Å². The molecule has 0 bridgehead atoms. The Morgan fingerprint density at radius 3 is 2.64 bits per heavy atom. The van der Waals surface area contributed by atoms with Crippen LogP contribution in [-0.4, -0.2) is 37.4 Å². The summed E-state index contributed by atoms with van der Waals surface area (Å²) in [5, 5.41) is 12.7. The minimum atomic E-state index is -0.327.